The molecular formula is C10H12N2O3. The summed E-state index contributed by atoms with van der Waals surface area (Å²) in [6.45, 7) is 1.93. The number of nitro groups is 1. The van der Waals surface area contributed by atoms with Gasteiger partial charge in [0, 0.05) is 24.6 Å². The van der Waals surface area contributed by atoms with E-state index in [-0.39, 0.29) is 17.9 Å². The largest absolute Gasteiger partial charge is 0.299 e. The quantitative estimate of drug-likeness (QED) is 0.547. The van der Waals surface area contributed by atoms with E-state index in [1.54, 1.807) is 0 Å². The Morgan fingerprint density at radius 2 is 2.27 bits per heavy atom. The molecule has 0 saturated carbocycles. The van der Waals surface area contributed by atoms with Gasteiger partial charge in [-0.05, 0) is 12.5 Å². The number of ketones is 1. The number of aromatic nitrogens is 1. The molecule has 5 nitrogen and oxygen atoms in total. The SMILES string of the molecule is CCCC(=O)Cc1ccc([N+](=O)[O-])cn1. The minimum atomic E-state index is -0.509. The van der Waals surface area contributed by atoms with Crippen molar-refractivity contribution in [2.24, 2.45) is 0 Å². The smallest absolute Gasteiger partial charge is 0.287 e. The number of carbonyl (C=O) groups excluding carboxylic acids is 1. The van der Waals surface area contributed by atoms with Crippen LogP contribution in [0.5, 0.6) is 0 Å². The predicted molar refractivity (Wildman–Crippen MR) is 54.5 cm³/mol. The Balaban J connectivity index is 2.64. The van der Waals surface area contributed by atoms with Crippen LogP contribution in [0.3, 0.4) is 0 Å². The lowest BCUT2D eigenvalue weighted by atomic mass is 10.1. The van der Waals surface area contributed by atoms with Crippen molar-refractivity contribution in [1.82, 2.24) is 4.98 Å². The summed E-state index contributed by atoms with van der Waals surface area (Å²) in [5, 5.41) is 10.3. The zero-order valence-corrected chi connectivity index (χ0v) is 8.47. The third kappa shape index (κ3) is 3.46. The van der Waals surface area contributed by atoms with Crippen molar-refractivity contribution in [3.8, 4) is 0 Å². The van der Waals surface area contributed by atoms with Gasteiger partial charge in [0.15, 0.2) is 0 Å². The maximum absolute atomic E-state index is 11.3. The highest BCUT2D eigenvalue weighted by atomic mass is 16.6. The molecule has 0 aliphatic rings. The first-order valence-corrected chi connectivity index (χ1v) is 4.74. The molecule has 1 aromatic rings. The maximum atomic E-state index is 11.3. The summed E-state index contributed by atoms with van der Waals surface area (Å²) in [5.74, 6) is 0.110. The van der Waals surface area contributed by atoms with Gasteiger partial charge in [-0.15, -0.1) is 0 Å². The van der Waals surface area contributed by atoms with Crippen LogP contribution < -0.4 is 0 Å². The van der Waals surface area contributed by atoms with Crippen LogP contribution in [-0.2, 0) is 11.2 Å². The molecule has 15 heavy (non-hydrogen) atoms. The molecule has 0 spiro atoms. The molecular weight excluding hydrogens is 196 g/mol. The van der Waals surface area contributed by atoms with Gasteiger partial charge in [0.05, 0.1) is 4.92 Å². The van der Waals surface area contributed by atoms with Crippen LogP contribution in [-0.4, -0.2) is 15.7 Å². The molecule has 0 bridgehead atoms. The molecule has 1 aromatic heterocycles. The molecule has 0 N–H and O–H groups in total. The van der Waals surface area contributed by atoms with E-state index in [1.807, 2.05) is 6.92 Å². The Bertz CT molecular complexity index is 359. The molecule has 0 atom stereocenters. The van der Waals surface area contributed by atoms with Gasteiger partial charge in [-0.2, -0.15) is 0 Å². The van der Waals surface area contributed by atoms with Crippen LogP contribution >= 0.6 is 0 Å². The third-order valence-corrected chi connectivity index (χ3v) is 1.93. The number of pyridine rings is 1. The number of carbonyl (C=O) groups is 1. The van der Waals surface area contributed by atoms with Crippen molar-refractivity contribution in [2.45, 2.75) is 26.2 Å². The van der Waals surface area contributed by atoms with Gasteiger partial charge in [0.2, 0.25) is 0 Å². The van der Waals surface area contributed by atoms with Gasteiger partial charge >= 0.3 is 0 Å². The van der Waals surface area contributed by atoms with Gasteiger partial charge in [0.1, 0.15) is 12.0 Å². The Morgan fingerprint density at radius 3 is 2.73 bits per heavy atom. The molecule has 0 aliphatic heterocycles. The molecule has 0 radical (unpaired) electrons. The molecule has 0 unspecified atom stereocenters. The van der Waals surface area contributed by atoms with E-state index in [2.05, 4.69) is 4.98 Å². The van der Waals surface area contributed by atoms with Crippen molar-refractivity contribution >= 4 is 11.5 Å². The Morgan fingerprint density at radius 1 is 1.53 bits per heavy atom. The van der Waals surface area contributed by atoms with Gasteiger partial charge in [-0.25, -0.2) is 0 Å². The van der Waals surface area contributed by atoms with Gasteiger partial charge in [0.25, 0.3) is 5.69 Å². The number of nitrogens with zero attached hydrogens (tertiary/aromatic N) is 2. The first kappa shape index (κ1) is 11.3. The first-order valence-electron chi connectivity index (χ1n) is 4.74. The summed E-state index contributed by atoms with van der Waals surface area (Å²) < 4.78 is 0. The summed E-state index contributed by atoms with van der Waals surface area (Å²) in [4.78, 5) is 24.9. The van der Waals surface area contributed by atoms with E-state index in [1.165, 1.54) is 18.3 Å². The minimum Gasteiger partial charge on any atom is -0.299 e. The van der Waals surface area contributed by atoms with E-state index in [9.17, 15) is 14.9 Å². The average Bonchev–Trinajstić information content (AvgIpc) is 2.18. The summed E-state index contributed by atoms with van der Waals surface area (Å²) in [5.41, 5.74) is 0.528. The fourth-order valence-corrected chi connectivity index (χ4v) is 1.20. The monoisotopic (exact) mass is 208 g/mol. The second kappa shape index (κ2) is 5.19. The molecule has 1 heterocycles. The average molecular weight is 208 g/mol. The number of hydrogen-bond acceptors (Lipinski definition) is 4. The second-order valence-electron chi connectivity index (χ2n) is 3.23. The molecule has 0 saturated heterocycles. The fourth-order valence-electron chi connectivity index (χ4n) is 1.20. The summed E-state index contributed by atoms with van der Waals surface area (Å²) in [6.07, 6.45) is 2.77. The van der Waals surface area contributed by atoms with Crippen LogP contribution in [0.1, 0.15) is 25.5 Å². The summed E-state index contributed by atoms with van der Waals surface area (Å²) in [7, 11) is 0. The minimum absolute atomic E-state index is 0.0540. The van der Waals surface area contributed by atoms with E-state index in [4.69, 9.17) is 0 Å². The molecule has 80 valence electrons. The summed E-state index contributed by atoms with van der Waals surface area (Å²) >= 11 is 0. The lowest BCUT2D eigenvalue weighted by Crippen LogP contribution is -2.03. The second-order valence-corrected chi connectivity index (χ2v) is 3.23. The van der Waals surface area contributed by atoms with Crippen LogP contribution in [0.2, 0.25) is 0 Å². The molecule has 0 fully saturated rings. The fraction of sp³-hybridized carbons (Fsp3) is 0.400. The van der Waals surface area contributed by atoms with Crippen molar-refractivity contribution < 1.29 is 9.72 Å². The first-order chi connectivity index (χ1) is 7.13. The molecule has 1 rings (SSSR count). The van der Waals surface area contributed by atoms with Gasteiger partial charge in [-0.1, -0.05) is 6.92 Å². The van der Waals surface area contributed by atoms with Crippen LogP contribution in [0.25, 0.3) is 0 Å². The number of Topliss-reactive ketones (excluding diaryl/α,β-unsaturated/α-hetero) is 1. The number of hydrogen-bond donors (Lipinski definition) is 0. The van der Waals surface area contributed by atoms with Crippen molar-refractivity contribution in [3.63, 3.8) is 0 Å². The van der Waals surface area contributed by atoms with Crippen molar-refractivity contribution in [3.05, 3.63) is 34.1 Å². The summed E-state index contributed by atoms with van der Waals surface area (Å²) in [6, 6.07) is 2.88. The van der Waals surface area contributed by atoms with Crippen molar-refractivity contribution in [1.29, 1.82) is 0 Å². The Labute approximate surface area is 87.3 Å². The molecule has 5 heteroatoms. The van der Waals surface area contributed by atoms with E-state index < -0.39 is 4.92 Å². The highest BCUT2D eigenvalue weighted by Crippen LogP contribution is 2.09. The van der Waals surface area contributed by atoms with Crippen LogP contribution in [0.4, 0.5) is 5.69 Å². The van der Waals surface area contributed by atoms with Crippen LogP contribution in [0.15, 0.2) is 18.3 Å². The van der Waals surface area contributed by atoms with Gasteiger partial charge in [-0.3, -0.25) is 19.9 Å². The Kier molecular flexibility index (Phi) is 3.91. The molecule has 0 amide bonds. The lowest BCUT2D eigenvalue weighted by molar-refractivity contribution is -0.385. The van der Waals surface area contributed by atoms with E-state index in [0.29, 0.717) is 12.1 Å². The maximum Gasteiger partial charge on any atom is 0.287 e. The highest BCUT2D eigenvalue weighted by molar-refractivity contribution is 5.80. The number of rotatable bonds is 5. The normalized spacial score (nSPS) is 9.93. The molecule has 0 aromatic carbocycles. The third-order valence-electron chi connectivity index (χ3n) is 1.93. The van der Waals surface area contributed by atoms with E-state index >= 15 is 0 Å². The zero-order valence-electron chi connectivity index (χ0n) is 8.47. The zero-order chi connectivity index (χ0) is 11.3. The topological polar surface area (TPSA) is 73.1 Å². The highest BCUT2D eigenvalue weighted by Gasteiger charge is 2.07. The lowest BCUT2D eigenvalue weighted by Gasteiger charge is -1.98. The molecule has 0 aliphatic carbocycles. The van der Waals surface area contributed by atoms with E-state index in [0.717, 1.165) is 6.42 Å². The van der Waals surface area contributed by atoms with Crippen molar-refractivity contribution in [2.75, 3.05) is 0 Å². The van der Waals surface area contributed by atoms with Gasteiger partial charge < -0.3 is 0 Å². The Hall–Kier alpha value is -1.78. The predicted octanol–water partition coefficient (Wildman–Crippen LogP) is 1.90. The standard InChI is InChI=1S/C10H12N2O3/c1-2-3-10(13)6-8-4-5-9(7-11-8)12(14)15/h4-5,7H,2-3,6H2,1H3. The van der Waals surface area contributed by atoms with Crippen LogP contribution in [0, 0.1) is 10.1 Å².